The lowest BCUT2D eigenvalue weighted by Gasteiger charge is -2.17. The fourth-order valence-corrected chi connectivity index (χ4v) is 3.65. The number of nitrogens with one attached hydrogen (secondary N) is 1. The summed E-state index contributed by atoms with van der Waals surface area (Å²) in [6.45, 7) is 1.80. The minimum absolute atomic E-state index is 0.0666. The molecule has 1 N–H and O–H groups in total. The standard InChI is InChI=1S/C23H15Cl2FN2O2/c1-13-16(24)6-4-7-18(13)27-21-20(14-9-11-15(26)12-10-14)22(29)28(23(21)30)19-8-3-2-5-17(19)25/h2-12,27H,1H3. The van der Waals surface area contributed by atoms with Crippen molar-refractivity contribution in [1.82, 2.24) is 0 Å². The maximum absolute atomic E-state index is 13.5. The number of nitrogens with zero attached hydrogens (tertiary/aromatic N) is 1. The SMILES string of the molecule is Cc1c(Cl)cccc1NC1=C(c2ccc(F)cc2)C(=O)N(c2ccccc2Cl)C1=O. The molecule has 2 amide bonds. The maximum atomic E-state index is 13.5. The number of benzene rings is 3. The number of amides is 2. The van der Waals surface area contributed by atoms with Gasteiger partial charge in [-0.05, 0) is 54.4 Å². The molecule has 3 aromatic rings. The number of halogens is 3. The van der Waals surface area contributed by atoms with E-state index in [-0.39, 0.29) is 22.0 Å². The predicted molar refractivity (Wildman–Crippen MR) is 117 cm³/mol. The summed E-state index contributed by atoms with van der Waals surface area (Å²) >= 11 is 12.5. The number of hydrogen-bond acceptors (Lipinski definition) is 3. The lowest BCUT2D eigenvalue weighted by Crippen LogP contribution is -2.32. The molecule has 150 valence electrons. The van der Waals surface area contributed by atoms with Crippen molar-refractivity contribution in [2.24, 2.45) is 0 Å². The molecule has 0 fully saturated rings. The van der Waals surface area contributed by atoms with Gasteiger partial charge in [0.2, 0.25) is 0 Å². The first kappa shape index (κ1) is 20.1. The average molecular weight is 441 g/mol. The average Bonchev–Trinajstić information content (AvgIpc) is 2.96. The molecule has 0 saturated heterocycles. The van der Waals surface area contributed by atoms with E-state index >= 15 is 0 Å². The first-order chi connectivity index (χ1) is 14.4. The first-order valence-electron chi connectivity index (χ1n) is 9.04. The molecule has 0 radical (unpaired) electrons. The van der Waals surface area contributed by atoms with Gasteiger partial charge in [0, 0.05) is 10.7 Å². The Hall–Kier alpha value is -3.15. The third-order valence-electron chi connectivity index (χ3n) is 4.84. The van der Waals surface area contributed by atoms with Crippen molar-refractivity contribution in [2.45, 2.75) is 6.92 Å². The second-order valence-corrected chi connectivity index (χ2v) is 7.51. The largest absolute Gasteiger partial charge is 0.350 e. The number of carbonyl (C=O) groups is 2. The summed E-state index contributed by atoms with van der Waals surface area (Å²) in [5, 5.41) is 3.84. The topological polar surface area (TPSA) is 49.4 Å². The number of imide groups is 1. The summed E-state index contributed by atoms with van der Waals surface area (Å²) in [5.74, 6) is -1.56. The van der Waals surface area contributed by atoms with Gasteiger partial charge >= 0.3 is 0 Å². The minimum Gasteiger partial charge on any atom is -0.350 e. The number of rotatable bonds is 4. The fraction of sp³-hybridized carbons (Fsp3) is 0.0435. The molecule has 1 heterocycles. The minimum atomic E-state index is -0.563. The highest BCUT2D eigenvalue weighted by atomic mass is 35.5. The van der Waals surface area contributed by atoms with Crippen LogP contribution in [-0.2, 0) is 9.59 Å². The van der Waals surface area contributed by atoms with Crippen molar-refractivity contribution in [3.05, 3.63) is 99.4 Å². The normalized spacial score (nSPS) is 13.9. The van der Waals surface area contributed by atoms with Gasteiger partial charge in [0.15, 0.2) is 0 Å². The van der Waals surface area contributed by atoms with Crippen molar-refractivity contribution >= 4 is 52.0 Å². The Morgan fingerprint density at radius 1 is 0.833 bits per heavy atom. The Labute approximate surface area is 182 Å². The van der Waals surface area contributed by atoms with Crippen molar-refractivity contribution < 1.29 is 14.0 Å². The van der Waals surface area contributed by atoms with Gasteiger partial charge in [-0.1, -0.05) is 53.5 Å². The van der Waals surface area contributed by atoms with Crippen LogP contribution >= 0.6 is 23.2 Å². The molecule has 0 saturated carbocycles. The Balaban J connectivity index is 1.87. The van der Waals surface area contributed by atoms with E-state index in [9.17, 15) is 14.0 Å². The molecule has 0 atom stereocenters. The van der Waals surface area contributed by atoms with Crippen LogP contribution in [0.4, 0.5) is 15.8 Å². The molecule has 4 nitrogen and oxygen atoms in total. The van der Waals surface area contributed by atoms with E-state index in [1.807, 2.05) is 0 Å². The predicted octanol–water partition coefficient (Wildman–Crippen LogP) is 5.84. The molecule has 0 unspecified atom stereocenters. The van der Waals surface area contributed by atoms with Gasteiger partial charge < -0.3 is 5.32 Å². The summed E-state index contributed by atoms with van der Waals surface area (Å²) in [6, 6.07) is 17.2. The number of hydrogen-bond donors (Lipinski definition) is 1. The van der Waals surface area contributed by atoms with E-state index in [4.69, 9.17) is 23.2 Å². The second-order valence-electron chi connectivity index (χ2n) is 6.69. The third-order valence-corrected chi connectivity index (χ3v) is 5.57. The lowest BCUT2D eigenvalue weighted by atomic mass is 10.0. The van der Waals surface area contributed by atoms with E-state index in [1.54, 1.807) is 49.4 Å². The Morgan fingerprint density at radius 3 is 2.20 bits per heavy atom. The van der Waals surface area contributed by atoms with Crippen LogP contribution in [0.15, 0.2) is 72.4 Å². The Morgan fingerprint density at radius 2 is 1.50 bits per heavy atom. The molecule has 3 aromatic carbocycles. The fourth-order valence-electron chi connectivity index (χ4n) is 3.26. The Bertz CT molecular complexity index is 1210. The van der Waals surface area contributed by atoms with E-state index in [0.717, 1.165) is 10.5 Å². The van der Waals surface area contributed by atoms with Crippen LogP contribution in [0.5, 0.6) is 0 Å². The summed E-state index contributed by atoms with van der Waals surface area (Å²) in [5.41, 5.74) is 2.18. The lowest BCUT2D eigenvalue weighted by molar-refractivity contribution is -0.120. The highest BCUT2D eigenvalue weighted by Crippen LogP contribution is 2.37. The molecule has 30 heavy (non-hydrogen) atoms. The molecule has 0 aromatic heterocycles. The van der Waals surface area contributed by atoms with Crippen LogP contribution in [0.25, 0.3) is 5.57 Å². The van der Waals surface area contributed by atoms with E-state index in [1.165, 1.54) is 24.3 Å². The van der Waals surface area contributed by atoms with Crippen molar-refractivity contribution in [3.63, 3.8) is 0 Å². The highest BCUT2D eigenvalue weighted by molar-refractivity contribution is 6.48. The monoisotopic (exact) mass is 440 g/mol. The summed E-state index contributed by atoms with van der Waals surface area (Å²) in [6.07, 6.45) is 0. The number of anilines is 2. The van der Waals surface area contributed by atoms with Gasteiger partial charge in [0.05, 0.1) is 16.3 Å². The van der Waals surface area contributed by atoms with Crippen LogP contribution in [0.3, 0.4) is 0 Å². The molecular weight excluding hydrogens is 426 g/mol. The zero-order valence-electron chi connectivity index (χ0n) is 15.7. The smallest absolute Gasteiger partial charge is 0.282 e. The van der Waals surface area contributed by atoms with Crippen LogP contribution in [0, 0.1) is 12.7 Å². The molecule has 0 bridgehead atoms. The zero-order chi connectivity index (χ0) is 21.4. The van der Waals surface area contributed by atoms with Crippen LogP contribution < -0.4 is 10.2 Å². The van der Waals surface area contributed by atoms with Crippen LogP contribution in [-0.4, -0.2) is 11.8 Å². The number of para-hydroxylation sites is 1. The molecule has 0 aliphatic carbocycles. The van der Waals surface area contributed by atoms with Crippen LogP contribution in [0.1, 0.15) is 11.1 Å². The summed E-state index contributed by atoms with van der Waals surface area (Å²) in [4.78, 5) is 27.7. The molecular formula is C23H15Cl2FN2O2. The molecule has 0 spiro atoms. The molecule has 7 heteroatoms. The quantitative estimate of drug-likeness (QED) is 0.518. The molecule has 4 rings (SSSR count). The van der Waals surface area contributed by atoms with Gasteiger partial charge in [0.25, 0.3) is 11.8 Å². The summed E-state index contributed by atoms with van der Waals surface area (Å²) in [7, 11) is 0. The molecule has 1 aliphatic rings. The third kappa shape index (κ3) is 3.47. The van der Waals surface area contributed by atoms with Gasteiger partial charge in [-0.15, -0.1) is 0 Å². The number of carbonyl (C=O) groups excluding carboxylic acids is 2. The van der Waals surface area contributed by atoms with E-state index in [0.29, 0.717) is 16.3 Å². The second kappa shape index (κ2) is 7.94. The van der Waals surface area contributed by atoms with Gasteiger partial charge in [-0.3, -0.25) is 9.59 Å². The van der Waals surface area contributed by atoms with Crippen molar-refractivity contribution in [1.29, 1.82) is 0 Å². The van der Waals surface area contributed by atoms with E-state index < -0.39 is 17.6 Å². The van der Waals surface area contributed by atoms with Gasteiger partial charge in [-0.2, -0.15) is 0 Å². The van der Waals surface area contributed by atoms with Crippen molar-refractivity contribution in [2.75, 3.05) is 10.2 Å². The zero-order valence-corrected chi connectivity index (χ0v) is 17.3. The van der Waals surface area contributed by atoms with Gasteiger partial charge in [-0.25, -0.2) is 9.29 Å². The Kier molecular flexibility index (Phi) is 5.33. The summed E-state index contributed by atoms with van der Waals surface area (Å²) < 4.78 is 13.5. The molecule has 1 aliphatic heterocycles. The first-order valence-corrected chi connectivity index (χ1v) is 9.79. The van der Waals surface area contributed by atoms with Gasteiger partial charge in [0.1, 0.15) is 11.5 Å². The van der Waals surface area contributed by atoms with Crippen molar-refractivity contribution in [3.8, 4) is 0 Å². The maximum Gasteiger partial charge on any atom is 0.282 e. The van der Waals surface area contributed by atoms with Crippen LogP contribution in [0.2, 0.25) is 10.0 Å². The van der Waals surface area contributed by atoms with E-state index in [2.05, 4.69) is 5.32 Å². The highest BCUT2D eigenvalue weighted by Gasteiger charge is 2.41.